The highest BCUT2D eigenvalue weighted by molar-refractivity contribution is 7.91. The number of carbonyl (C=O) groups excluding carboxylic acids is 2. The van der Waals surface area contributed by atoms with E-state index in [1.54, 1.807) is 6.92 Å². The third-order valence-electron chi connectivity index (χ3n) is 3.36. The number of amides is 2. The third kappa shape index (κ3) is 2.59. The van der Waals surface area contributed by atoms with Crippen molar-refractivity contribution in [3.05, 3.63) is 0 Å². The SMILES string of the molecule is CC1C(=O)NCC(=O)N1CC1CCS(=O)(=O)C1. The monoisotopic (exact) mass is 260 g/mol. The molecule has 96 valence electrons. The standard InChI is InChI=1S/C10H16N2O4S/c1-7-10(14)11-4-9(13)12(7)5-8-2-3-17(15,16)6-8/h7-8H,2-6H2,1H3,(H,11,14). The van der Waals surface area contributed by atoms with Crippen LogP contribution in [0, 0.1) is 5.92 Å². The minimum Gasteiger partial charge on any atom is -0.345 e. The van der Waals surface area contributed by atoms with E-state index in [-0.39, 0.29) is 35.8 Å². The normalized spacial score (nSPS) is 32.6. The molecule has 1 N–H and O–H groups in total. The summed E-state index contributed by atoms with van der Waals surface area (Å²) in [5.74, 6) is -0.0186. The quantitative estimate of drug-likeness (QED) is 0.673. The van der Waals surface area contributed by atoms with Crippen LogP contribution in [-0.2, 0) is 19.4 Å². The lowest BCUT2D eigenvalue weighted by Gasteiger charge is -2.34. The van der Waals surface area contributed by atoms with Crippen LogP contribution < -0.4 is 5.32 Å². The Kier molecular flexibility index (Phi) is 3.11. The van der Waals surface area contributed by atoms with E-state index in [2.05, 4.69) is 5.32 Å². The predicted octanol–water partition coefficient (Wildman–Crippen LogP) is -1.23. The molecule has 2 fully saturated rings. The van der Waals surface area contributed by atoms with E-state index in [1.807, 2.05) is 0 Å². The second-order valence-electron chi connectivity index (χ2n) is 4.71. The number of nitrogens with zero attached hydrogens (tertiary/aromatic N) is 1. The Morgan fingerprint density at radius 2 is 2.12 bits per heavy atom. The van der Waals surface area contributed by atoms with E-state index in [4.69, 9.17) is 0 Å². The molecular weight excluding hydrogens is 244 g/mol. The minimum absolute atomic E-state index is 0.0165. The third-order valence-corrected chi connectivity index (χ3v) is 5.20. The summed E-state index contributed by atoms with van der Waals surface area (Å²) in [7, 11) is -2.93. The molecule has 0 aromatic carbocycles. The van der Waals surface area contributed by atoms with Gasteiger partial charge in [0.15, 0.2) is 9.84 Å². The average molecular weight is 260 g/mol. The molecule has 2 atom stereocenters. The smallest absolute Gasteiger partial charge is 0.242 e. The lowest BCUT2D eigenvalue weighted by atomic mass is 10.1. The molecule has 0 radical (unpaired) electrons. The molecule has 2 saturated heterocycles. The Morgan fingerprint density at radius 1 is 1.41 bits per heavy atom. The van der Waals surface area contributed by atoms with Crippen molar-refractivity contribution in [2.45, 2.75) is 19.4 Å². The first kappa shape index (κ1) is 12.3. The van der Waals surface area contributed by atoms with Crippen molar-refractivity contribution in [3.63, 3.8) is 0 Å². The van der Waals surface area contributed by atoms with Crippen LogP contribution in [0.5, 0.6) is 0 Å². The molecule has 0 saturated carbocycles. The molecule has 0 aromatic heterocycles. The van der Waals surface area contributed by atoms with Gasteiger partial charge in [-0.25, -0.2) is 8.42 Å². The van der Waals surface area contributed by atoms with Gasteiger partial charge in [-0.1, -0.05) is 0 Å². The Morgan fingerprint density at radius 3 is 2.71 bits per heavy atom. The number of rotatable bonds is 2. The lowest BCUT2D eigenvalue weighted by Crippen LogP contribution is -2.58. The van der Waals surface area contributed by atoms with Gasteiger partial charge in [-0.3, -0.25) is 9.59 Å². The van der Waals surface area contributed by atoms with Crippen LogP contribution >= 0.6 is 0 Å². The second-order valence-corrected chi connectivity index (χ2v) is 6.94. The fourth-order valence-electron chi connectivity index (χ4n) is 2.32. The predicted molar refractivity (Wildman–Crippen MR) is 60.9 cm³/mol. The van der Waals surface area contributed by atoms with Crippen molar-refractivity contribution in [2.24, 2.45) is 5.92 Å². The second kappa shape index (κ2) is 4.29. The highest BCUT2D eigenvalue weighted by Crippen LogP contribution is 2.21. The molecule has 2 aliphatic rings. The van der Waals surface area contributed by atoms with Crippen LogP contribution in [0.1, 0.15) is 13.3 Å². The van der Waals surface area contributed by atoms with Gasteiger partial charge in [-0.15, -0.1) is 0 Å². The molecule has 0 spiro atoms. The van der Waals surface area contributed by atoms with Gasteiger partial charge in [-0.05, 0) is 19.3 Å². The molecule has 17 heavy (non-hydrogen) atoms. The molecule has 6 nitrogen and oxygen atoms in total. The van der Waals surface area contributed by atoms with Gasteiger partial charge in [0.25, 0.3) is 0 Å². The Hall–Kier alpha value is -1.11. The van der Waals surface area contributed by atoms with E-state index in [0.29, 0.717) is 13.0 Å². The van der Waals surface area contributed by atoms with Crippen molar-refractivity contribution in [1.82, 2.24) is 10.2 Å². The van der Waals surface area contributed by atoms with Gasteiger partial charge < -0.3 is 10.2 Å². The van der Waals surface area contributed by atoms with E-state index >= 15 is 0 Å². The Labute approximate surface area is 100 Å². The van der Waals surface area contributed by atoms with Crippen LogP contribution in [0.15, 0.2) is 0 Å². The zero-order valence-electron chi connectivity index (χ0n) is 9.68. The first-order valence-corrected chi connectivity index (χ1v) is 7.49. The maximum absolute atomic E-state index is 11.7. The van der Waals surface area contributed by atoms with Crippen molar-refractivity contribution in [3.8, 4) is 0 Å². The number of carbonyl (C=O) groups is 2. The summed E-state index contributed by atoms with van der Waals surface area (Å²) in [6.07, 6.45) is 0.584. The van der Waals surface area contributed by atoms with Gasteiger partial charge in [0.05, 0.1) is 18.1 Å². The molecule has 7 heteroatoms. The fourth-order valence-corrected chi connectivity index (χ4v) is 4.17. The minimum atomic E-state index is -2.93. The summed E-state index contributed by atoms with van der Waals surface area (Å²) >= 11 is 0. The molecule has 0 aliphatic carbocycles. The van der Waals surface area contributed by atoms with Crippen LogP contribution in [0.2, 0.25) is 0 Å². The molecule has 2 aliphatic heterocycles. The number of hydrogen-bond donors (Lipinski definition) is 1. The van der Waals surface area contributed by atoms with Crippen molar-refractivity contribution in [1.29, 1.82) is 0 Å². The first-order chi connectivity index (χ1) is 7.89. The molecule has 0 bridgehead atoms. The number of hydrogen-bond acceptors (Lipinski definition) is 4. The Balaban J connectivity index is 2.02. The number of nitrogens with one attached hydrogen (secondary N) is 1. The van der Waals surface area contributed by atoms with Crippen molar-refractivity contribution < 1.29 is 18.0 Å². The maximum atomic E-state index is 11.7. The summed E-state index contributed by atoms with van der Waals surface area (Å²) in [6, 6.07) is -0.500. The zero-order chi connectivity index (χ0) is 12.6. The Bertz CT molecular complexity index is 445. The molecule has 2 rings (SSSR count). The van der Waals surface area contributed by atoms with Gasteiger partial charge in [0.1, 0.15) is 6.04 Å². The van der Waals surface area contributed by atoms with Crippen LogP contribution in [-0.4, -0.2) is 55.8 Å². The maximum Gasteiger partial charge on any atom is 0.242 e. The van der Waals surface area contributed by atoms with Gasteiger partial charge in [0, 0.05) is 6.54 Å². The summed E-state index contributed by atoms with van der Waals surface area (Å²) in [5, 5.41) is 2.50. The van der Waals surface area contributed by atoms with Crippen LogP contribution in [0.4, 0.5) is 0 Å². The molecule has 0 aromatic rings. The van der Waals surface area contributed by atoms with E-state index in [9.17, 15) is 18.0 Å². The van der Waals surface area contributed by atoms with Crippen LogP contribution in [0.25, 0.3) is 0 Å². The average Bonchev–Trinajstić information content (AvgIpc) is 2.59. The van der Waals surface area contributed by atoms with E-state index in [1.165, 1.54) is 4.90 Å². The largest absolute Gasteiger partial charge is 0.345 e. The fraction of sp³-hybridized carbons (Fsp3) is 0.800. The first-order valence-electron chi connectivity index (χ1n) is 5.66. The molecule has 2 amide bonds. The van der Waals surface area contributed by atoms with Crippen molar-refractivity contribution >= 4 is 21.7 Å². The van der Waals surface area contributed by atoms with E-state index < -0.39 is 15.9 Å². The van der Waals surface area contributed by atoms with Gasteiger partial charge in [0.2, 0.25) is 11.8 Å². The number of sulfone groups is 1. The summed E-state index contributed by atoms with van der Waals surface area (Å²) < 4.78 is 22.7. The highest BCUT2D eigenvalue weighted by Gasteiger charge is 2.35. The highest BCUT2D eigenvalue weighted by atomic mass is 32.2. The molecular formula is C10H16N2O4S. The summed E-state index contributed by atoms with van der Waals surface area (Å²) in [6.45, 7) is 2.05. The molecule has 2 unspecified atom stereocenters. The van der Waals surface area contributed by atoms with Crippen LogP contribution in [0.3, 0.4) is 0 Å². The van der Waals surface area contributed by atoms with Gasteiger partial charge in [-0.2, -0.15) is 0 Å². The summed E-state index contributed by atoms with van der Waals surface area (Å²) in [4.78, 5) is 24.6. The zero-order valence-corrected chi connectivity index (χ0v) is 10.5. The van der Waals surface area contributed by atoms with E-state index in [0.717, 1.165) is 0 Å². The van der Waals surface area contributed by atoms with Crippen molar-refractivity contribution in [2.75, 3.05) is 24.6 Å². The topological polar surface area (TPSA) is 83.6 Å². The lowest BCUT2D eigenvalue weighted by molar-refractivity contribution is -0.145. The number of piperazine rings is 1. The molecule has 2 heterocycles. The van der Waals surface area contributed by atoms with Gasteiger partial charge >= 0.3 is 0 Å². The summed E-state index contributed by atoms with van der Waals surface area (Å²) in [5.41, 5.74) is 0.